The van der Waals surface area contributed by atoms with E-state index < -0.39 is 0 Å². The van der Waals surface area contributed by atoms with Crippen LogP contribution in [0.1, 0.15) is 11.1 Å². The zero-order valence-corrected chi connectivity index (χ0v) is 11.2. The van der Waals surface area contributed by atoms with Crippen molar-refractivity contribution in [1.29, 1.82) is 0 Å². The second-order valence-electron chi connectivity index (χ2n) is 5.00. The van der Waals surface area contributed by atoms with E-state index in [0.29, 0.717) is 6.54 Å². The van der Waals surface area contributed by atoms with E-state index in [1.54, 1.807) is 0 Å². The minimum atomic E-state index is -0.0655. The first-order valence-corrected chi connectivity index (χ1v) is 6.70. The van der Waals surface area contributed by atoms with E-state index in [1.807, 2.05) is 47.4 Å². The summed E-state index contributed by atoms with van der Waals surface area (Å²) in [6, 6.07) is 15.4. The Kier molecular flexibility index (Phi) is 3.29. The first kappa shape index (κ1) is 12.5. The van der Waals surface area contributed by atoms with Gasteiger partial charge in [-0.05, 0) is 41.8 Å². The molecule has 0 atom stereocenters. The largest absolute Gasteiger partial charge is 0.399 e. The average molecular weight is 267 g/mol. The molecule has 102 valence electrons. The lowest BCUT2D eigenvalue weighted by Gasteiger charge is -2.29. The van der Waals surface area contributed by atoms with Crippen LogP contribution < -0.4 is 11.1 Å². The van der Waals surface area contributed by atoms with Gasteiger partial charge in [-0.2, -0.15) is 0 Å². The zero-order chi connectivity index (χ0) is 13.9. The van der Waals surface area contributed by atoms with Gasteiger partial charge in [-0.25, -0.2) is 4.79 Å². The van der Waals surface area contributed by atoms with Crippen LogP contribution in [0, 0.1) is 0 Å². The Balaban J connectivity index is 1.72. The van der Waals surface area contributed by atoms with Gasteiger partial charge in [0.15, 0.2) is 0 Å². The first-order chi connectivity index (χ1) is 9.72. The highest BCUT2D eigenvalue weighted by Crippen LogP contribution is 2.22. The molecule has 3 rings (SSSR count). The molecule has 0 aliphatic carbocycles. The monoisotopic (exact) mass is 267 g/mol. The molecule has 3 N–H and O–H groups in total. The molecule has 4 heteroatoms. The molecule has 0 saturated carbocycles. The van der Waals surface area contributed by atoms with E-state index in [4.69, 9.17) is 5.73 Å². The van der Waals surface area contributed by atoms with Crippen molar-refractivity contribution in [2.45, 2.75) is 13.0 Å². The highest BCUT2D eigenvalue weighted by atomic mass is 16.2. The van der Waals surface area contributed by atoms with Crippen molar-refractivity contribution in [3.63, 3.8) is 0 Å². The van der Waals surface area contributed by atoms with Crippen LogP contribution in [-0.4, -0.2) is 17.5 Å². The van der Waals surface area contributed by atoms with Crippen molar-refractivity contribution in [3.8, 4) is 0 Å². The van der Waals surface area contributed by atoms with Gasteiger partial charge in [0.05, 0.1) is 0 Å². The summed E-state index contributed by atoms with van der Waals surface area (Å²) in [4.78, 5) is 14.1. The van der Waals surface area contributed by atoms with Crippen molar-refractivity contribution in [2.75, 3.05) is 17.6 Å². The summed E-state index contributed by atoms with van der Waals surface area (Å²) >= 11 is 0. The zero-order valence-electron chi connectivity index (χ0n) is 11.2. The molecule has 1 aliphatic heterocycles. The van der Waals surface area contributed by atoms with Gasteiger partial charge >= 0.3 is 6.03 Å². The third kappa shape index (κ3) is 2.59. The van der Waals surface area contributed by atoms with Crippen LogP contribution in [0.2, 0.25) is 0 Å². The second kappa shape index (κ2) is 5.25. The number of nitrogen functional groups attached to an aromatic ring is 1. The maximum Gasteiger partial charge on any atom is 0.322 e. The van der Waals surface area contributed by atoms with Gasteiger partial charge < -0.3 is 16.0 Å². The number of nitrogens with zero attached hydrogens (tertiary/aromatic N) is 1. The topological polar surface area (TPSA) is 58.4 Å². The Morgan fingerprint density at radius 1 is 1.10 bits per heavy atom. The number of nitrogens with one attached hydrogen (secondary N) is 1. The SMILES string of the molecule is Nc1ccc2c(c1)CN(C(=O)Nc1ccccc1)CC2. The van der Waals surface area contributed by atoms with Gasteiger partial charge in [-0.3, -0.25) is 0 Å². The molecule has 0 aromatic heterocycles. The molecular formula is C16H17N3O. The summed E-state index contributed by atoms with van der Waals surface area (Å²) in [5.41, 5.74) is 9.79. The average Bonchev–Trinajstić information content (AvgIpc) is 2.47. The van der Waals surface area contributed by atoms with Crippen molar-refractivity contribution in [1.82, 2.24) is 4.90 Å². The summed E-state index contributed by atoms with van der Waals surface area (Å²) in [7, 11) is 0. The molecule has 0 fully saturated rings. The van der Waals surface area contributed by atoms with Gasteiger partial charge in [-0.1, -0.05) is 24.3 Å². The third-order valence-corrected chi connectivity index (χ3v) is 3.55. The molecule has 0 radical (unpaired) electrons. The number of carbonyl (C=O) groups is 1. The highest BCUT2D eigenvalue weighted by Gasteiger charge is 2.20. The van der Waals surface area contributed by atoms with Gasteiger partial charge in [0.1, 0.15) is 0 Å². The van der Waals surface area contributed by atoms with E-state index in [-0.39, 0.29) is 6.03 Å². The summed E-state index contributed by atoms with van der Waals surface area (Å²) in [6.07, 6.45) is 0.873. The number of hydrogen-bond acceptors (Lipinski definition) is 2. The van der Waals surface area contributed by atoms with E-state index in [0.717, 1.165) is 29.9 Å². The Morgan fingerprint density at radius 3 is 2.70 bits per heavy atom. The number of urea groups is 1. The van der Waals surface area contributed by atoms with E-state index in [9.17, 15) is 4.79 Å². The van der Waals surface area contributed by atoms with Crippen molar-refractivity contribution in [2.24, 2.45) is 0 Å². The van der Waals surface area contributed by atoms with Crippen LogP contribution >= 0.6 is 0 Å². The lowest BCUT2D eigenvalue weighted by Crippen LogP contribution is -2.38. The minimum Gasteiger partial charge on any atom is -0.399 e. The Bertz CT molecular complexity index is 625. The van der Waals surface area contributed by atoms with E-state index >= 15 is 0 Å². The van der Waals surface area contributed by atoms with Crippen molar-refractivity contribution >= 4 is 17.4 Å². The standard InChI is InChI=1S/C16H17N3O/c17-14-7-6-12-8-9-19(11-13(12)10-14)16(20)18-15-4-2-1-3-5-15/h1-7,10H,8-9,11,17H2,(H,18,20). The summed E-state index contributed by atoms with van der Waals surface area (Å²) in [5.74, 6) is 0. The fourth-order valence-electron chi connectivity index (χ4n) is 2.47. The lowest BCUT2D eigenvalue weighted by molar-refractivity contribution is 0.206. The second-order valence-corrected chi connectivity index (χ2v) is 5.00. The van der Waals surface area contributed by atoms with Crippen molar-refractivity contribution < 1.29 is 4.79 Å². The molecule has 0 bridgehead atoms. The number of para-hydroxylation sites is 1. The van der Waals surface area contributed by atoms with Crippen LogP contribution in [0.3, 0.4) is 0 Å². The molecule has 0 unspecified atom stereocenters. The van der Waals surface area contributed by atoms with Crippen LogP contribution in [-0.2, 0) is 13.0 Å². The molecule has 0 spiro atoms. The number of anilines is 2. The predicted octanol–water partition coefficient (Wildman–Crippen LogP) is 2.86. The normalized spacial score (nSPS) is 13.7. The Morgan fingerprint density at radius 2 is 1.90 bits per heavy atom. The molecule has 4 nitrogen and oxygen atoms in total. The summed E-state index contributed by atoms with van der Waals surface area (Å²) in [6.45, 7) is 1.34. The Labute approximate surface area is 118 Å². The van der Waals surface area contributed by atoms with Crippen LogP contribution in [0.15, 0.2) is 48.5 Å². The van der Waals surface area contributed by atoms with Gasteiger partial charge in [0.2, 0.25) is 0 Å². The maximum absolute atomic E-state index is 12.2. The number of benzene rings is 2. The number of carbonyl (C=O) groups excluding carboxylic acids is 1. The molecule has 1 heterocycles. The van der Waals surface area contributed by atoms with Crippen LogP contribution in [0.25, 0.3) is 0 Å². The number of hydrogen-bond donors (Lipinski definition) is 2. The fourth-order valence-corrected chi connectivity index (χ4v) is 2.47. The maximum atomic E-state index is 12.2. The van der Waals surface area contributed by atoms with Crippen molar-refractivity contribution in [3.05, 3.63) is 59.7 Å². The van der Waals surface area contributed by atoms with Crippen LogP contribution in [0.4, 0.5) is 16.2 Å². The van der Waals surface area contributed by atoms with Gasteiger partial charge in [-0.15, -0.1) is 0 Å². The number of rotatable bonds is 1. The molecule has 2 aromatic rings. The first-order valence-electron chi connectivity index (χ1n) is 6.70. The number of nitrogens with two attached hydrogens (primary N) is 1. The highest BCUT2D eigenvalue weighted by molar-refractivity contribution is 5.89. The Hall–Kier alpha value is -2.49. The van der Waals surface area contributed by atoms with Gasteiger partial charge in [0.25, 0.3) is 0 Å². The van der Waals surface area contributed by atoms with Crippen LogP contribution in [0.5, 0.6) is 0 Å². The fraction of sp³-hybridized carbons (Fsp3) is 0.188. The molecular weight excluding hydrogens is 250 g/mol. The smallest absolute Gasteiger partial charge is 0.322 e. The summed E-state index contributed by atoms with van der Waals surface area (Å²) in [5, 5.41) is 2.91. The lowest BCUT2D eigenvalue weighted by atomic mass is 9.99. The van der Waals surface area contributed by atoms with Gasteiger partial charge in [0, 0.05) is 24.5 Å². The predicted molar refractivity (Wildman–Crippen MR) is 80.4 cm³/mol. The number of amides is 2. The molecule has 1 aliphatic rings. The summed E-state index contributed by atoms with van der Waals surface area (Å²) < 4.78 is 0. The number of fused-ring (bicyclic) bond motifs is 1. The molecule has 0 saturated heterocycles. The minimum absolute atomic E-state index is 0.0655. The molecule has 2 amide bonds. The van der Waals surface area contributed by atoms with E-state index in [1.165, 1.54) is 5.56 Å². The third-order valence-electron chi connectivity index (χ3n) is 3.55. The quantitative estimate of drug-likeness (QED) is 0.780. The van der Waals surface area contributed by atoms with E-state index in [2.05, 4.69) is 11.4 Å². The molecule has 2 aromatic carbocycles. The molecule has 20 heavy (non-hydrogen) atoms.